The van der Waals surface area contributed by atoms with Crippen molar-refractivity contribution in [3.05, 3.63) is 28.8 Å². The molecular weight excluding hydrogens is 257 g/mol. The van der Waals surface area contributed by atoms with Crippen LogP contribution in [0.4, 0.5) is 5.69 Å². The summed E-state index contributed by atoms with van der Waals surface area (Å²) in [6, 6.07) is 5.93. The fourth-order valence-corrected chi connectivity index (χ4v) is 1.76. The molecule has 1 aromatic carbocycles. The van der Waals surface area contributed by atoms with Gasteiger partial charge in [0, 0.05) is 6.54 Å². The minimum Gasteiger partial charge on any atom is -0.390 e. The van der Waals surface area contributed by atoms with Gasteiger partial charge in [-0.25, -0.2) is 0 Å². The van der Waals surface area contributed by atoms with Gasteiger partial charge in [-0.2, -0.15) is 0 Å². The van der Waals surface area contributed by atoms with Crippen molar-refractivity contribution in [2.24, 2.45) is 0 Å². The molecule has 96 valence electrons. The van der Waals surface area contributed by atoms with Crippen LogP contribution >= 0.6 is 23.2 Å². The average Bonchev–Trinajstić information content (AvgIpc) is 2.25. The van der Waals surface area contributed by atoms with Crippen LogP contribution in [0.5, 0.6) is 0 Å². The summed E-state index contributed by atoms with van der Waals surface area (Å²) in [5.74, 6) is 0.213. The number of hydrogen-bond donors (Lipinski definition) is 2. The SMILES string of the molecule is CC(C)(C)c1ccc(NCC(O)CCl)c(Cl)c1. The van der Waals surface area contributed by atoms with Crippen LogP contribution in [0.1, 0.15) is 26.3 Å². The Labute approximate surface area is 113 Å². The van der Waals surface area contributed by atoms with Gasteiger partial charge >= 0.3 is 0 Å². The van der Waals surface area contributed by atoms with Crippen LogP contribution in [0.25, 0.3) is 0 Å². The summed E-state index contributed by atoms with van der Waals surface area (Å²) in [6.07, 6.45) is -0.560. The second-order valence-electron chi connectivity index (χ2n) is 5.13. The molecule has 1 rings (SSSR count). The summed E-state index contributed by atoms with van der Waals surface area (Å²) >= 11 is 11.7. The Morgan fingerprint density at radius 3 is 2.47 bits per heavy atom. The smallest absolute Gasteiger partial charge is 0.0847 e. The number of alkyl halides is 1. The van der Waals surface area contributed by atoms with Crippen molar-refractivity contribution in [2.75, 3.05) is 17.7 Å². The van der Waals surface area contributed by atoms with E-state index in [-0.39, 0.29) is 11.3 Å². The third-order valence-corrected chi connectivity index (χ3v) is 3.21. The van der Waals surface area contributed by atoms with Crippen LogP contribution in [-0.2, 0) is 5.41 Å². The van der Waals surface area contributed by atoms with Crippen LogP contribution in [0.3, 0.4) is 0 Å². The van der Waals surface area contributed by atoms with E-state index in [2.05, 4.69) is 26.1 Å². The van der Waals surface area contributed by atoms with Gasteiger partial charge in [0.1, 0.15) is 0 Å². The average molecular weight is 276 g/mol. The molecule has 0 heterocycles. The van der Waals surface area contributed by atoms with Crippen molar-refractivity contribution in [3.8, 4) is 0 Å². The zero-order valence-corrected chi connectivity index (χ0v) is 11.9. The maximum atomic E-state index is 9.36. The molecular formula is C13H19Cl2NO. The van der Waals surface area contributed by atoms with Gasteiger partial charge in [-0.05, 0) is 23.1 Å². The first kappa shape index (κ1) is 14.6. The molecule has 0 saturated heterocycles. The van der Waals surface area contributed by atoms with Crippen molar-refractivity contribution in [3.63, 3.8) is 0 Å². The summed E-state index contributed by atoms with van der Waals surface area (Å²) in [5, 5.41) is 13.1. The van der Waals surface area contributed by atoms with Gasteiger partial charge in [0.25, 0.3) is 0 Å². The van der Waals surface area contributed by atoms with E-state index in [1.165, 1.54) is 5.56 Å². The molecule has 2 N–H and O–H groups in total. The highest BCUT2D eigenvalue weighted by atomic mass is 35.5. The third-order valence-electron chi connectivity index (χ3n) is 2.54. The number of aliphatic hydroxyl groups is 1. The predicted octanol–water partition coefficient (Wildman–Crippen LogP) is 3.65. The zero-order valence-electron chi connectivity index (χ0n) is 10.4. The molecule has 2 nitrogen and oxygen atoms in total. The quantitative estimate of drug-likeness (QED) is 0.823. The van der Waals surface area contributed by atoms with E-state index in [1.807, 2.05) is 18.2 Å². The molecule has 17 heavy (non-hydrogen) atoms. The summed E-state index contributed by atoms with van der Waals surface area (Å²) < 4.78 is 0. The van der Waals surface area contributed by atoms with Crippen molar-refractivity contribution >= 4 is 28.9 Å². The first-order valence-electron chi connectivity index (χ1n) is 5.62. The van der Waals surface area contributed by atoms with Crippen molar-refractivity contribution < 1.29 is 5.11 Å². The third kappa shape index (κ3) is 4.38. The fourth-order valence-electron chi connectivity index (χ4n) is 1.41. The van der Waals surface area contributed by atoms with Crippen LogP contribution in [0.2, 0.25) is 5.02 Å². The van der Waals surface area contributed by atoms with Crippen LogP contribution < -0.4 is 5.32 Å². The van der Waals surface area contributed by atoms with Gasteiger partial charge in [0.2, 0.25) is 0 Å². The number of halogens is 2. The molecule has 0 amide bonds. The Kier molecular flexibility index (Phi) is 5.11. The molecule has 1 unspecified atom stereocenters. The summed E-state index contributed by atoms with van der Waals surface area (Å²) in [4.78, 5) is 0. The van der Waals surface area contributed by atoms with Gasteiger partial charge < -0.3 is 10.4 Å². The van der Waals surface area contributed by atoms with Crippen LogP contribution in [-0.4, -0.2) is 23.6 Å². The normalized spacial score (nSPS) is 13.5. The second-order valence-corrected chi connectivity index (χ2v) is 5.85. The topological polar surface area (TPSA) is 32.3 Å². The van der Waals surface area contributed by atoms with E-state index >= 15 is 0 Å². The Bertz CT molecular complexity index is 374. The Morgan fingerprint density at radius 1 is 1.35 bits per heavy atom. The van der Waals surface area contributed by atoms with Crippen molar-refractivity contribution in [1.29, 1.82) is 0 Å². The molecule has 0 aliphatic heterocycles. The van der Waals surface area contributed by atoms with Crippen molar-refractivity contribution in [1.82, 2.24) is 0 Å². The highest BCUT2D eigenvalue weighted by Gasteiger charge is 2.15. The zero-order chi connectivity index (χ0) is 13.1. The number of benzene rings is 1. The highest BCUT2D eigenvalue weighted by molar-refractivity contribution is 6.33. The Balaban J connectivity index is 2.77. The van der Waals surface area contributed by atoms with Gasteiger partial charge in [0.15, 0.2) is 0 Å². The standard InChI is InChI=1S/C13H19Cl2NO/c1-13(2,3)9-4-5-12(11(15)6-9)16-8-10(17)7-14/h4-6,10,16-17H,7-8H2,1-3H3. The number of hydrogen-bond acceptors (Lipinski definition) is 2. The minimum absolute atomic E-state index is 0.0812. The molecule has 0 saturated carbocycles. The lowest BCUT2D eigenvalue weighted by atomic mass is 9.87. The highest BCUT2D eigenvalue weighted by Crippen LogP contribution is 2.29. The number of anilines is 1. The molecule has 0 aromatic heterocycles. The van der Waals surface area contributed by atoms with Gasteiger partial charge in [-0.15, -0.1) is 11.6 Å². The van der Waals surface area contributed by atoms with E-state index in [4.69, 9.17) is 23.2 Å². The van der Waals surface area contributed by atoms with E-state index in [0.717, 1.165) is 5.69 Å². The maximum Gasteiger partial charge on any atom is 0.0847 e. The lowest BCUT2D eigenvalue weighted by Gasteiger charge is -2.20. The molecule has 0 bridgehead atoms. The fraction of sp³-hybridized carbons (Fsp3) is 0.538. The number of nitrogens with one attached hydrogen (secondary N) is 1. The Morgan fingerprint density at radius 2 is 2.00 bits per heavy atom. The summed E-state index contributed by atoms with van der Waals surface area (Å²) in [7, 11) is 0. The molecule has 1 aromatic rings. The molecule has 0 spiro atoms. The largest absolute Gasteiger partial charge is 0.390 e. The number of aliphatic hydroxyl groups excluding tert-OH is 1. The van der Waals surface area contributed by atoms with E-state index in [1.54, 1.807) is 0 Å². The monoisotopic (exact) mass is 275 g/mol. The lowest BCUT2D eigenvalue weighted by Crippen LogP contribution is -2.21. The molecule has 1 atom stereocenters. The van der Waals surface area contributed by atoms with Gasteiger partial charge in [0.05, 0.1) is 22.7 Å². The minimum atomic E-state index is -0.560. The molecule has 0 fully saturated rings. The van der Waals surface area contributed by atoms with E-state index < -0.39 is 6.10 Å². The van der Waals surface area contributed by atoms with Crippen LogP contribution in [0, 0.1) is 0 Å². The first-order valence-corrected chi connectivity index (χ1v) is 6.54. The molecule has 0 aliphatic rings. The Hall–Kier alpha value is -0.440. The maximum absolute atomic E-state index is 9.36. The first-order chi connectivity index (χ1) is 7.84. The molecule has 0 aliphatic carbocycles. The summed E-state index contributed by atoms with van der Waals surface area (Å²) in [5.41, 5.74) is 2.09. The van der Waals surface area contributed by atoms with Gasteiger partial charge in [-0.3, -0.25) is 0 Å². The lowest BCUT2D eigenvalue weighted by molar-refractivity contribution is 0.211. The second kappa shape index (κ2) is 5.94. The summed E-state index contributed by atoms with van der Waals surface area (Å²) in [6.45, 7) is 6.83. The van der Waals surface area contributed by atoms with Gasteiger partial charge in [-0.1, -0.05) is 38.4 Å². The van der Waals surface area contributed by atoms with Crippen molar-refractivity contribution in [2.45, 2.75) is 32.3 Å². The van der Waals surface area contributed by atoms with E-state index in [9.17, 15) is 5.11 Å². The van der Waals surface area contributed by atoms with E-state index in [0.29, 0.717) is 11.6 Å². The molecule has 0 radical (unpaired) electrons. The van der Waals surface area contributed by atoms with Crippen LogP contribution in [0.15, 0.2) is 18.2 Å². The molecule has 4 heteroatoms. The predicted molar refractivity (Wildman–Crippen MR) is 75.4 cm³/mol. The number of rotatable bonds is 4.